The van der Waals surface area contributed by atoms with Gasteiger partial charge in [0.15, 0.2) is 11.0 Å². The van der Waals surface area contributed by atoms with E-state index in [0.717, 1.165) is 40.2 Å². The number of aryl methyl sites for hydroxylation is 2. The molecule has 0 saturated heterocycles. The summed E-state index contributed by atoms with van der Waals surface area (Å²) in [4.78, 5) is 12.8. The number of carbonyl (C=O) groups is 1. The van der Waals surface area contributed by atoms with E-state index in [9.17, 15) is 4.79 Å². The third-order valence-electron chi connectivity index (χ3n) is 5.45. The molecule has 0 fully saturated rings. The molecular weight excluding hydrogens is 408 g/mol. The zero-order valence-corrected chi connectivity index (χ0v) is 20.5. The quantitative estimate of drug-likeness (QED) is 0.561. The topological polar surface area (TPSA) is 77.6 Å². The van der Waals surface area contributed by atoms with Crippen molar-refractivity contribution in [3.8, 4) is 11.4 Å². The minimum atomic E-state index is -0.329. The van der Waals surface area contributed by atoms with Crippen LogP contribution in [0.3, 0.4) is 0 Å². The lowest BCUT2D eigenvalue weighted by Gasteiger charge is -2.19. The zero-order valence-electron chi connectivity index (χ0n) is 19.6. The molecule has 166 valence electrons. The fourth-order valence-electron chi connectivity index (χ4n) is 3.38. The van der Waals surface area contributed by atoms with Crippen molar-refractivity contribution in [2.75, 3.05) is 5.32 Å². The van der Waals surface area contributed by atoms with E-state index in [4.69, 9.17) is 0 Å². The molecular formula is C23H32N6OS. The molecule has 1 amide bonds. The molecule has 1 aromatic carbocycles. The maximum atomic E-state index is 12.8. The van der Waals surface area contributed by atoms with Crippen molar-refractivity contribution in [2.24, 2.45) is 7.05 Å². The van der Waals surface area contributed by atoms with Crippen molar-refractivity contribution in [1.82, 2.24) is 24.5 Å². The third kappa shape index (κ3) is 4.84. The smallest absolute Gasteiger partial charge is 0.237 e. The average Bonchev–Trinajstić information content (AvgIpc) is 3.22. The predicted octanol–water partition coefficient (Wildman–Crippen LogP) is 4.73. The van der Waals surface area contributed by atoms with Crippen molar-refractivity contribution < 1.29 is 4.79 Å². The summed E-state index contributed by atoms with van der Waals surface area (Å²) < 4.78 is 3.83. The number of amides is 1. The standard InChI is InChI=1S/C23H32N6OS/c1-9-29-20(17-10-12-18(13-11-17)23(5,6)7)25-26-22(29)31-16(4)21(30)24-19-14(2)27-28(8)15(19)3/h10-13,16H,9H2,1-8H3,(H,24,30). The number of benzene rings is 1. The Hall–Kier alpha value is -2.61. The lowest BCUT2D eigenvalue weighted by Crippen LogP contribution is -2.23. The summed E-state index contributed by atoms with van der Waals surface area (Å²) in [6, 6.07) is 8.47. The van der Waals surface area contributed by atoms with Crippen LogP contribution in [0, 0.1) is 13.8 Å². The Labute approximate surface area is 188 Å². The highest BCUT2D eigenvalue weighted by Gasteiger charge is 2.22. The summed E-state index contributed by atoms with van der Waals surface area (Å²) in [5.41, 5.74) is 4.92. The number of rotatable bonds is 6. The Morgan fingerprint density at radius 2 is 1.81 bits per heavy atom. The number of nitrogens with zero attached hydrogens (tertiary/aromatic N) is 5. The minimum absolute atomic E-state index is 0.0778. The van der Waals surface area contributed by atoms with Crippen LogP contribution >= 0.6 is 11.8 Å². The van der Waals surface area contributed by atoms with Gasteiger partial charge < -0.3 is 9.88 Å². The van der Waals surface area contributed by atoms with Gasteiger partial charge in [-0.2, -0.15) is 5.10 Å². The first-order valence-corrected chi connectivity index (χ1v) is 11.4. The van der Waals surface area contributed by atoms with Crippen LogP contribution in [0.25, 0.3) is 11.4 Å². The molecule has 8 heteroatoms. The number of hydrogen-bond acceptors (Lipinski definition) is 5. The minimum Gasteiger partial charge on any atom is -0.322 e. The summed E-state index contributed by atoms with van der Waals surface area (Å²) in [7, 11) is 1.87. The second kappa shape index (κ2) is 8.86. The van der Waals surface area contributed by atoms with Gasteiger partial charge in [-0.15, -0.1) is 10.2 Å². The second-order valence-corrected chi connectivity index (χ2v) is 10.1. The monoisotopic (exact) mass is 440 g/mol. The number of hydrogen-bond donors (Lipinski definition) is 1. The van der Waals surface area contributed by atoms with Gasteiger partial charge in [0.1, 0.15) is 0 Å². The highest BCUT2D eigenvalue weighted by atomic mass is 32.2. The fraction of sp³-hybridized carbons (Fsp3) is 0.478. The van der Waals surface area contributed by atoms with Crippen molar-refractivity contribution in [1.29, 1.82) is 0 Å². The molecule has 2 heterocycles. The van der Waals surface area contributed by atoms with Crippen molar-refractivity contribution in [2.45, 2.75) is 70.8 Å². The molecule has 2 aromatic heterocycles. The Bertz CT molecular complexity index is 1070. The number of aromatic nitrogens is 5. The van der Waals surface area contributed by atoms with Crippen molar-refractivity contribution in [3.05, 3.63) is 41.2 Å². The molecule has 1 atom stereocenters. The van der Waals surface area contributed by atoms with Crippen LogP contribution in [0.15, 0.2) is 29.4 Å². The number of carbonyl (C=O) groups excluding carboxylic acids is 1. The van der Waals surface area contributed by atoms with Gasteiger partial charge in [-0.05, 0) is 38.7 Å². The van der Waals surface area contributed by atoms with E-state index in [0.29, 0.717) is 0 Å². The van der Waals surface area contributed by atoms with Crippen LogP contribution in [0.5, 0.6) is 0 Å². The van der Waals surface area contributed by atoms with Gasteiger partial charge >= 0.3 is 0 Å². The van der Waals surface area contributed by atoms with Crippen LogP contribution < -0.4 is 5.32 Å². The van der Waals surface area contributed by atoms with Gasteiger partial charge in [0.2, 0.25) is 5.91 Å². The molecule has 31 heavy (non-hydrogen) atoms. The molecule has 3 rings (SSSR count). The van der Waals surface area contributed by atoms with Crippen LogP contribution in [0.4, 0.5) is 5.69 Å². The largest absolute Gasteiger partial charge is 0.322 e. The number of thioether (sulfide) groups is 1. The third-order valence-corrected chi connectivity index (χ3v) is 6.53. The van der Waals surface area contributed by atoms with E-state index in [1.54, 1.807) is 4.68 Å². The van der Waals surface area contributed by atoms with Gasteiger partial charge in [0.05, 0.1) is 22.3 Å². The maximum Gasteiger partial charge on any atom is 0.237 e. The van der Waals surface area contributed by atoms with Gasteiger partial charge in [0.25, 0.3) is 0 Å². The highest BCUT2D eigenvalue weighted by molar-refractivity contribution is 8.00. The second-order valence-electron chi connectivity index (χ2n) is 8.80. The molecule has 3 aromatic rings. The molecule has 0 aliphatic carbocycles. The molecule has 0 saturated carbocycles. The first-order chi connectivity index (χ1) is 14.5. The van der Waals surface area contributed by atoms with Crippen LogP contribution in [-0.2, 0) is 23.8 Å². The number of anilines is 1. The summed E-state index contributed by atoms with van der Waals surface area (Å²) in [6.45, 7) is 15.1. The van der Waals surface area contributed by atoms with E-state index >= 15 is 0 Å². The summed E-state index contributed by atoms with van der Waals surface area (Å²) in [6.07, 6.45) is 0. The molecule has 0 spiro atoms. The number of nitrogens with one attached hydrogen (secondary N) is 1. The van der Waals surface area contributed by atoms with Crippen molar-refractivity contribution >= 4 is 23.4 Å². The van der Waals surface area contributed by atoms with Crippen LogP contribution in [0.1, 0.15) is 51.6 Å². The molecule has 0 radical (unpaired) electrons. The van der Waals surface area contributed by atoms with E-state index in [2.05, 4.69) is 77.1 Å². The van der Waals surface area contributed by atoms with E-state index < -0.39 is 0 Å². The Kier molecular flexibility index (Phi) is 6.59. The average molecular weight is 441 g/mol. The highest BCUT2D eigenvalue weighted by Crippen LogP contribution is 2.30. The fourth-order valence-corrected chi connectivity index (χ4v) is 4.30. The van der Waals surface area contributed by atoms with E-state index in [-0.39, 0.29) is 16.6 Å². The Morgan fingerprint density at radius 1 is 1.16 bits per heavy atom. The summed E-state index contributed by atoms with van der Waals surface area (Å²) in [5, 5.41) is 16.6. The Balaban J connectivity index is 1.78. The van der Waals surface area contributed by atoms with Gasteiger partial charge in [-0.25, -0.2) is 0 Å². The Morgan fingerprint density at radius 3 is 2.32 bits per heavy atom. The summed E-state index contributed by atoms with van der Waals surface area (Å²) in [5.74, 6) is 0.739. The molecule has 7 nitrogen and oxygen atoms in total. The SMILES string of the molecule is CCn1c(SC(C)C(=O)Nc2c(C)nn(C)c2C)nnc1-c1ccc(C(C)(C)C)cc1. The van der Waals surface area contributed by atoms with Crippen molar-refractivity contribution in [3.63, 3.8) is 0 Å². The van der Waals surface area contributed by atoms with Gasteiger partial charge in [-0.1, -0.05) is 56.8 Å². The lowest BCUT2D eigenvalue weighted by atomic mass is 9.87. The predicted molar refractivity (Wildman–Crippen MR) is 126 cm³/mol. The molecule has 0 aliphatic heterocycles. The van der Waals surface area contributed by atoms with Crippen LogP contribution in [-0.4, -0.2) is 35.7 Å². The normalized spacial score (nSPS) is 12.8. The zero-order chi connectivity index (χ0) is 22.9. The van der Waals surface area contributed by atoms with Crippen LogP contribution in [0.2, 0.25) is 0 Å². The first-order valence-electron chi connectivity index (χ1n) is 10.5. The van der Waals surface area contributed by atoms with E-state index in [1.165, 1.54) is 17.3 Å². The van der Waals surface area contributed by atoms with E-state index in [1.807, 2.05) is 27.8 Å². The maximum absolute atomic E-state index is 12.8. The first kappa shape index (κ1) is 23.1. The summed E-state index contributed by atoms with van der Waals surface area (Å²) >= 11 is 1.41. The molecule has 0 bridgehead atoms. The van der Waals surface area contributed by atoms with Gasteiger partial charge in [-0.3, -0.25) is 9.48 Å². The molecule has 1 N–H and O–H groups in total. The van der Waals surface area contributed by atoms with Gasteiger partial charge in [0, 0.05) is 19.2 Å². The lowest BCUT2D eigenvalue weighted by molar-refractivity contribution is -0.115. The molecule has 1 unspecified atom stereocenters. The molecule has 0 aliphatic rings.